The summed E-state index contributed by atoms with van der Waals surface area (Å²) in [6.07, 6.45) is 4.05. The minimum atomic E-state index is -0.893. The van der Waals surface area contributed by atoms with Gasteiger partial charge in [-0.3, -0.25) is 9.58 Å². The van der Waals surface area contributed by atoms with E-state index in [1.165, 1.54) is 4.90 Å². The Morgan fingerprint density at radius 3 is 2.86 bits per heavy atom. The van der Waals surface area contributed by atoms with Crippen molar-refractivity contribution in [2.75, 3.05) is 6.54 Å². The van der Waals surface area contributed by atoms with Crippen molar-refractivity contribution >= 4 is 22.7 Å². The molecule has 0 aliphatic carbocycles. The molecule has 116 valence electrons. The second kappa shape index (κ2) is 5.48. The summed E-state index contributed by atoms with van der Waals surface area (Å²) in [6.45, 7) is 6.79. The van der Waals surface area contributed by atoms with Crippen molar-refractivity contribution < 1.29 is 9.90 Å². The Morgan fingerprint density at radius 1 is 1.41 bits per heavy atom. The van der Waals surface area contributed by atoms with Crippen LogP contribution < -0.4 is 0 Å². The first-order valence-electron chi connectivity index (χ1n) is 7.65. The molecule has 1 N–H and O–H groups in total. The van der Waals surface area contributed by atoms with E-state index in [1.807, 2.05) is 35.2 Å². The summed E-state index contributed by atoms with van der Waals surface area (Å²) in [6, 6.07) is 6.25. The lowest BCUT2D eigenvalue weighted by molar-refractivity contribution is 0.159. The summed E-state index contributed by atoms with van der Waals surface area (Å²) in [7, 11) is 0. The maximum atomic E-state index is 11.5. The van der Waals surface area contributed by atoms with E-state index in [0.717, 1.165) is 28.6 Å². The number of carboxylic acid groups (broad SMARTS) is 1. The van der Waals surface area contributed by atoms with Crippen LogP contribution in [0.1, 0.15) is 38.8 Å². The second-order valence-corrected chi connectivity index (χ2v) is 6.30. The summed E-state index contributed by atoms with van der Waals surface area (Å²) in [5, 5.41) is 15.0. The topological polar surface area (TPSA) is 58.4 Å². The number of fused-ring (bicyclic) bond motifs is 1. The van der Waals surface area contributed by atoms with Crippen LogP contribution in [0.3, 0.4) is 0 Å². The Hall–Kier alpha value is -2.30. The van der Waals surface area contributed by atoms with E-state index in [4.69, 9.17) is 0 Å². The zero-order chi connectivity index (χ0) is 15.9. The summed E-state index contributed by atoms with van der Waals surface area (Å²) in [5.74, 6) is 0.354. The zero-order valence-electron chi connectivity index (χ0n) is 13.2. The molecule has 0 fully saturated rings. The van der Waals surface area contributed by atoms with Crippen LogP contribution in [0.5, 0.6) is 0 Å². The van der Waals surface area contributed by atoms with E-state index in [0.29, 0.717) is 18.5 Å². The Morgan fingerprint density at radius 2 is 2.18 bits per heavy atom. The van der Waals surface area contributed by atoms with Crippen molar-refractivity contribution in [1.82, 2.24) is 14.7 Å². The van der Waals surface area contributed by atoms with Crippen LogP contribution in [0.4, 0.5) is 4.79 Å². The first-order valence-corrected chi connectivity index (χ1v) is 7.65. The molecule has 1 unspecified atom stereocenters. The molecule has 1 aromatic carbocycles. The Balaban J connectivity index is 2.03. The van der Waals surface area contributed by atoms with Crippen molar-refractivity contribution in [3.8, 4) is 0 Å². The fourth-order valence-corrected chi connectivity index (χ4v) is 2.83. The molecule has 0 saturated heterocycles. The van der Waals surface area contributed by atoms with Gasteiger partial charge in [0.2, 0.25) is 0 Å². The van der Waals surface area contributed by atoms with E-state index in [9.17, 15) is 9.90 Å². The van der Waals surface area contributed by atoms with Gasteiger partial charge in [0.1, 0.15) is 0 Å². The van der Waals surface area contributed by atoms with Gasteiger partial charge in [0.15, 0.2) is 0 Å². The number of amides is 1. The molecule has 3 rings (SSSR count). The van der Waals surface area contributed by atoms with Gasteiger partial charge in [-0.2, -0.15) is 5.10 Å². The third-order valence-electron chi connectivity index (χ3n) is 4.08. The van der Waals surface area contributed by atoms with Gasteiger partial charge >= 0.3 is 6.09 Å². The monoisotopic (exact) mass is 299 g/mol. The number of nitrogens with zero attached hydrogens (tertiary/aromatic N) is 3. The molecule has 1 amide bonds. The smallest absolute Gasteiger partial charge is 0.411 e. The number of aromatic nitrogens is 2. The van der Waals surface area contributed by atoms with Crippen molar-refractivity contribution in [1.29, 1.82) is 0 Å². The molecule has 1 atom stereocenters. The fourth-order valence-electron chi connectivity index (χ4n) is 2.83. The lowest BCUT2D eigenvalue weighted by Gasteiger charge is -2.30. The molecule has 0 bridgehead atoms. The van der Waals surface area contributed by atoms with Crippen molar-refractivity contribution in [2.45, 2.75) is 33.2 Å². The normalized spacial score (nSPS) is 18.8. The van der Waals surface area contributed by atoms with Crippen LogP contribution >= 0.6 is 0 Å². The maximum absolute atomic E-state index is 11.5. The van der Waals surface area contributed by atoms with Crippen LogP contribution in [0, 0.1) is 5.92 Å². The van der Waals surface area contributed by atoms with Gasteiger partial charge < -0.3 is 5.11 Å². The highest BCUT2D eigenvalue weighted by Crippen LogP contribution is 2.29. The molecule has 5 heteroatoms. The van der Waals surface area contributed by atoms with Crippen LogP contribution in [0.15, 0.2) is 30.5 Å². The van der Waals surface area contributed by atoms with E-state index in [2.05, 4.69) is 25.9 Å². The quantitative estimate of drug-likeness (QED) is 0.912. The molecule has 0 spiro atoms. The van der Waals surface area contributed by atoms with E-state index < -0.39 is 6.09 Å². The minimum absolute atomic E-state index is 0.307. The number of rotatable bonds is 2. The molecular formula is C17H21N3O2. The molecule has 0 radical (unpaired) electrons. The van der Waals surface area contributed by atoms with Gasteiger partial charge in [0, 0.05) is 24.2 Å². The summed E-state index contributed by atoms with van der Waals surface area (Å²) in [5.41, 5.74) is 2.65. The molecule has 1 aliphatic rings. The predicted molar refractivity (Wildman–Crippen MR) is 86.6 cm³/mol. The van der Waals surface area contributed by atoms with E-state index in [-0.39, 0.29) is 0 Å². The van der Waals surface area contributed by atoms with Crippen LogP contribution in [-0.2, 0) is 0 Å². The van der Waals surface area contributed by atoms with E-state index >= 15 is 0 Å². The lowest BCUT2D eigenvalue weighted by Crippen LogP contribution is -2.34. The number of hydrogen-bond donors (Lipinski definition) is 1. The number of carbonyl (C=O) groups is 1. The van der Waals surface area contributed by atoms with Crippen molar-refractivity contribution in [2.24, 2.45) is 5.92 Å². The van der Waals surface area contributed by atoms with Gasteiger partial charge in [-0.1, -0.05) is 19.1 Å². The molecule has 1 aromatic heterocycles. The summed E-state index contributed by atoms with van der Waals surface area (Å²) >= 11 is 0. The second-order valence-electron chi connectivity index (χ2n) is 6.30. The predicted octanol–water partition coefficient (Wildman–Crippen LogP) is 3.98. The molecule has 0 saturated carbocycles. The summed E-state index contributed by atoms with van der Waals surface area (Å²) in [4.78, 5) is 13.0. The van der Waals surface area contributed by atoms with Gasteiger partial charge in [-0.15, -0.1) is 0 Å². The first-order chi connectivity index (χ1) is 10.5. The SMILES string of the molecule is CC1CC=C(c2ccc3nn(C(C)C)cc3c2)N(C(=O)O)C1. The largest absolute Gasteiger partial charge is 0.465 e. The average molecular weight is 299 g/mol. The van der Waals surface area contributed by atoms with Crippen molar-refractivity contribution in [3.63, 3.8) is 0 Å². The Bertz CT molecular complexity index is 745. The lowest BCUT2D eigenvalue weighted by atomic mass is 9.98. The molecule has 2 aromatic rings. The molecule has 22 heavy (non-hydrogen) atoms. The fraction of sp³-hybridized carbons (Fsp3) is 0.412. The Kier molecular flexibility index (Phi) is 3.64. The van der Waals surface area contributed by atoms with Gasteiger partial charge in [0.05, 0.1) is 11.2 Å². The molecule has 5 nitrogen and oxygen atoms in total. The van der Waals surface area contributed by atoms with Gasteiger partial charge in [-0.25, -0.2) is 4.79 Å². The van der Waals surface area contributed by atoms with E-state index in [1.54, 1.807) is 0 Å². The number of benzene rings is 1. The summed E-state index contributed by atoms with van der Waals surface area (Å²) < 4.78 is 1.93. The minimum Gasteiger partial charge on any atom is -0.465 e. The number of allylic oxidation sites excluding steroid dienone is 1. The molecule has 2 heterocycles. The van der Waals surface area contributed by atoms with Gasteiger partial charge in [0.25, 0.3) is 0 Å². The van der Waals surface area contributed by atoms with Crippen LogP contribution in [0.25, 0.3) is 16.6 Å². The molecule has 1 aliphatic heterocycles. The van der Waals surface area contributed by atoms with Gasteiger partial charge in [-0.05, 0) is 43.9 Å². The van der Waals surface area contributed by atoms with Crippen LogP contribution in [0.2, 0.25) is 0 Å². The molecular weight excluding hydrogens is 278 g/mol. The highest BCUT2D eigenvalue weighted by Gasteiger charge is 2.24. The standard InChI is InChI=1S/C17H21N3O2/c1-11(2)20-10-14-8-13(5-6-15(14)18-20)16-7-4-12(3)9-19(16)17(21)22/h5-8,10-12H,4,9H2,1-3H3,(H,21,22). The average Bonchev–Trinajstić information content (AvgIpc) is 2.90. The highest BCUT2D eigenvalue weighted by molar-refractivity contribution is 5.87. The van der Waals surface area contributed by atoms with Crippen molar-refractivity contribution in [3.05, 3.63) is 36.0 Å². The zero-order valence-corrected chi connectivity index (χ0v) is 13.2. The Labute approximate surface area is 129 Å². The first kappa shape index (κ1) is 14.6. The number of hydrogen-bond acceptors (Lipinski definition) is 2. The van der Waals surface area contributed by atoms with Crippen LogP contribution in [-0.4, -0.2) is 32.4 Å². The maximum Gasteiger partial charge on any atom is 0.411 e. The highest BCUT2D eigenvalue weighted by atomic mass is 16.4. The third kappa shape index (κ3) is 2.58. The third-order valence-corrected chi connectivity index (χ3v) is 4.08.